The zero-order valence-electron chi connectivity index (χ0n) is 14.7. The molecule has 9 heteroatoms. The standard InChI is InChI=1S/C18H18ClF2N3O3/c1-18(4-9-27-18)17(26)24-7-5-23(6-8-24)16(25)15-14(21)12-11(22-15)3-2-10(20)13(12)19/h2-3,22H,4-9H2,1H3/t18-/m0/s1. The van der Waals surface area contributed by atoms with Gasteiger partial charge in [0.15, 0.2) is 5.82 Å². The zero-order valence-corrected chi connectivity index (χ0v) is 15.4. The number of nitrogens with zero attached hydrogens (tertiary/aromatic N) is 2. The molecule has 2 amide bonds. The van der Waals surface area contributed by atoms with Gasteiger partial charge in [-0.2, -0.15) is 0 Å². The topological polar surface area (TPSA) is 65.6 Å². The van der Waals surface area contributed by atoms with Gasteiger partial charge in [-0.05, 0) is 19.1 Å². The highest BCUT2D eigenvalue weighted by molar-refractivity contribution is 6.35. The van der Waals surface area contributed by atoms with Crippen molar-refractivity contribution in [2.75, 3.05) is 32.8 Å². The summed E-state index contributed by atoms with van der Waals surface area (Å²) in [6.07, 6.45) is 0.683. The normalized spacial score (nSPS) is 22.8. The molecule has 1 N–H and O–H groups in total. The van der Waals surface area contributed by atoms with Crippen LogP contribution in [0.4, 0.5) is 8.78 Å². The Hall–Kier alpha value is -2.19. The first-order valence-corrected chi connectivity index (χ1v) is 9.07. The van der Waals surface area contributed by atoms with Crippen LogP contribution in [0.1, 0.15) is 23.8 Å². The van der Waals surface area contributed by atoms with Crippen LogP contribution in [0, 0.1) is 11.6 Å². The van der Waals surface area contributed by atoms with Gasteiger partial charge in [0.2, 0.25) is 0 Å². The van der Waals surface area contributed by atoms with E-state index >= 15 is 0 Å². The Kier molecular flexibility index (Phi) is 4.35. The van der Waals surface area contributed by atoms with Crippen molar-refractivity contribution in [3.63, 3.8) is 0 Å². The van der Waals surface area contributed by atoms with Gasteiger partial charge in [-0.25, -0.2) is 8.78 Å². The molecule has 2 saturated heterocycles. The minimum absolute atomic E-state index is 0.0834. The Morgan fingerprint density at radius 1 is 1.19 bits per heavy atom. The highest BCUT2D eigenvalue weighted by Crippen LogP contribution is 2.31. The Labute approximate surface area is 159 Å². The third kappa shape index (κ3) is 2.87. The van der Waals surface area contributed by atoms with E-state index in [1.165, 1.54) is 11.0 Å². The van der Waals surface area contributed by atoms with Gasteiger partial charge in [0.05, 0.1) is 22.5 Å². The second kappa shape index (κ2) is 6.45. The van der Waals surface area contributed by atoms with E-state index in [2.05, 4.69) is 4.98 Å². The summed E-state index contributed by atoms with van der Waals surface area (Å²) in [4.78, 5) is 31.0. The lowest BCUT2D eigenvalue weighted by Crippen LogP contribution is -2.59. The molecule has 0 aliphatic carbocycles. The van der Waals surface area contributed by atoms with Crippen LogP contribution >= 0.6 is 11.6 Å². The average molecular weight is 398 g/mol. The van der Waals surface area contributed by atoms with E-state index < -0.39 is 23.1 Å². The molecular weight excluding hydrogens is 380 g/mol. The summed E-state index contributed by atoms with van der Waals surface area (Å²) >= 11 is 5.84. The summed E-state index contributed by atoms with van der Waals surface area (Å²) in [6.45, 7) is 3.58. The molecule has 0 saturated carbocycles. The fourth-order valence-electron chi connectivity index (χ4n) is 3.51. The van der Waals surface area contributed by atoms with E-state index in [-0.39, 0.29) is 40.6 Å². The number of piperazine rings is 1. The minimum Gasteiger partial charge on any atom is -0.365 e. The molecule has 4 rings (SSSR count). The molecular formula is C18H18ClF2N3O3. The van der Waals surface area contributed by atoms with E-state index in [0.717, 1.165) is 6.07 Å². The average Bonchev–Trinajstić information content (AvgIpc) is 2.99. The van der Waals surface area contributed by atoms with Crippen molar-refractivity contribution in [2.24, 2.45) is 0 Å². The number of rotatable bonds is 2. The van der Waals surface area contributed by atoms with Crippen molar-refractivity contribution in [2.45, 2.75) is 18.9 Å². The van der Waals surface area contributed by atoms with Crippen molar-refractivity contribution in [3.8, 4) is 0 Å². The predicted octanol–water partition coefficient (Wildman–Crippen LogP) is 2.56. The van der Waals surface area contributed by atoms with Crippen molar-refractivity contribution in [3.05, 3.63) is 34.5 Å². The third-order valence-corrected chi connectivity index (χ3v) is 5.68. The fourth-order valence-corrected chi connectivity index (χ4v) is 3.76. The number of hydrogen-bond donors (Lipinski definition) is 1. The highest BCUT2D eigenvalue weighted by atomic mass is 35.5. The number of amides is 2. The number of ether oxygens (including phenoxy) is 1. The lowest BCUT2D eigenvalue weighted by Gasteiger charge is -2.43. The molecule has 1 atom stereocenters. The van der Waals surface area contributed by atoms with Crippen molar-refractivity contribution >= 4 is 34.3 Å². The van der Waals surface area contributed by atoms with Crippen LogP contribution in [0.25, 0.3) is 10.9 Å². The maximum Gasteiger partial charge on any atom is 0.273 e. The van der Waals surface area contributed by atoms with E-state index in [1.54, 1.807) is 11.8 Å². The summed E-state index contributed by atoms with van der Waals surface area (Å²) < 4.78 is 33.6. The Bertz CT molecular complexity index is 934. The van der Waals surface area contributed by atoms with Gasteiger partial charge >= 0.3 is 0 Å². The number of benzene rings is 1. The molecule has 2 aliphatic rings. The summed E-state index contributed by atoms with van der Waals surface area (Å²) in [5.74, 6) is -2.24. The van der Waals surface area contributed by atoms with Crippen LogP contribution in [-0.2, 0) is 9.53 Å². The summed E-state index contributed by atoms with van der Waals surface area (Å²) in [6, 6.07) is 2.45. The molecule has 2 fully saturated rings. The van der Waals surface area contributed by atoms with E-state index in [1.807, 2.05) is 0 Å². The number of hydrogen-bond acceptors (Lipinski definition) is 3. The van der Waals surface area contributed by atoms with Gasteiger partial charge in [0.1, 0.15) is 17.1 Å². The van der Waals surface area contributed by atoms with Gasteiger partial charge in [-0.3, -0.25) is 9.59 Å². The molecule has 6 nitrogen and oxygen atoms in total. The van der Waals surface area contributed by atoms with Crippen LogP contribution in [0.5, 0.6) is 0 Å². The number of carbonyl (C=O) groups excluding carboxylic acids is 2. The molecule has 2 aromatic rings. The number of nitrogens with one attached hydrogen (secondary N) is 1. The minimum atomic E-state index is -0.867. The number of aromatic nitrogens is 1. The SMILES string of the molecule is C[C@@]1(C(=O)N2CCN(C(=O)c3[nH]c4ccc(F)c(Cl)c4c3F)CC2)CCO1. The number of fused-ring (bicyclic) bond motifs is 1. The molecule has 1 aromatic carbocycles. The van der Waals surface area contributed by atoms with Crippen molar-refractivity contribution in [1.82, 2.24) is 14.8 Å². The Morgan fingerprint density at radius 3 is 2.41 bits per heavy atom. The lowest BCUT2D eigenvalue weighted by atomic mass is 9.95. The first-order chi connectivity index (χ1) is 12.8. The molecule has 0 spiro atoms. The first kappa shape index (κ1) is 18.2. The van der Waals surface area contributed by atoms with Crippen LogP contribution < -0.4 is 0 Å². The predicted molar refractivity (Wildman–Crippen MR) is 94.7 cm³/mol. The smallest absolute Gasteiger partial charge is 0.273 e. The second-order valence-electron chi connectivity index (χ2n) is 7.01. The van der Waals surface area contributed by atoms with Gasteiger partial charge in [0.25, 0.3) is 11.8 Å². The fraction of sp³-hybridized carbons (Fsp3) is 0.444. The summed E-state index contributed by atoms with van der Waals surface area (Å²) in [7, 11) is 0. The molecule has 144 valence electrons. The molecule has 27 heavy (non-hydrogen) atoms. The molecule has 0 bridgehead atoms. The molecule has 0 radical (unpaired) electrons. The van der Waals surface area contributed by atoms with Crippen molar-refractivity contribution < 1.29 is 23.1 Å². The largest absolute Gasteiger partial charge is 0.365 e. The Morgan fingerprint density at radius 2 is 1.81 bits per heavy atom. The summed E-state index contributed by atoms with van der Waals surface area (Å²) in [5, 5.41) is -0.492. The highest BCUT2D eigenvalue weighted by Gasteiger charge is 2.44. The number of aromatic amines is 1. The molecule has 3 heterocycles. The van der Waals surface area contributed by atoms with Crippen LogP contribution in [0.3, 0.4) is 0 Å². The van der Waals surface area contributed by atoms with Crippen LogP contribution in [-0.4, -0.2) is 65.0 Å². The van der Waals surface area contributed by atoms with Crippen LogP contribution in [0.2, 0.25) is 5.02 Å². The van der Waals surface area contributed by atoms with Gasteiger partial charge < -0.3 is 19.5 Å². The molecule has 0 unspecified atom stereocenters. The van der Waals surface area contributed by atoms with Gasteiger partial charge in [0, 0.05) is 32.6 Å². The number of H-pyrrole nitrogens is 1. The maximum absolute atomic E-state index is 14.7. The Balaban J connectivity index is 1.50. The summed E-state index contributed by atoms with van der Waals surface area (Å²) in [5.41, 5.74) is -0.770. The first-order valence-electron chi connectivity index (χ1n) is 8.69. The molecule has 1 aromatic heterocycles. The van der Waals surface area contributed by atoms with E-state index in [0.29, 0.717) is 26.1 Å². The monoisotopic (exact) mass is 397 g/mol. The maximum atomic E-state index is 14.7. The third-order valence-electron chi connectivity index (χ3n) is 5.31. The second-order valence-corrected chi connectivity index (χ2v) is 7.39. The number of carbonyl (C=O) groups is 2. The van der Waals surface area contributed by atoms with E-state index in [4.69, 9.17) is 16.3 Å². The lowest BCUT2D eigenvalue weighted by molar-refractivity contribution is -0.183. The van der Waals surface area contributed by atoms with E-state index in [9.17, 15) is 18.4 Å². The van der Waals surface area contributed by atoms with Crippen molar-refractivity contribution in [1.29, 1.82) is 0 Å². The van der Waals surface area contributed by atoms with Gasteiger partial charge in [-0.1, -0.05) is 11.6 Å². The number of halogens is 3. The quantitative estimate of drug-likeness (QED) is 0.847. The van der Waals surface area contributed by atoms with Crippen LogP contribution in [0.15, 0.2) is 12.1 Å². The zero-order chi connectivity index (χ0) is 19.3. The molecule has 2 aliphatic heterocycles. The van der Waals surface area contributed by atoms with Gasteiger partial charge in [-0.15, -0.1) is 0 Å².